The number of nitrogens with zero attached hydrogens (tertiary/aromatic N) is 2. The molecule has 35 heavy (non-hydrogen) atoms. The number of carbonyl (C=O) groups is 1. The van der Waals surface area contributed by atoms with Gasteiger partial charge in [-0.2, -0.15) is 0 Å². The normalized spacial score (nSPS) is 14.9. The Morgan fingerprint density at radius 3 is 2.49 bits per heavy atom. The summed E-state index contributed by atoms with van der Waals surface area (Å²) in [5, 5.41) is 3.09. The standard InChI is InChI=1S/C26H30N4O4S/c1-19-6-11-24(35(32,33)29-21-7-9-23(34-2)10-8-21)17-25(19)26(31)28-20-12-15-30(16-13-20)18-22-5-3-4-14-27-22/h3-11,14,17,20,29H,12-13,15-16,18H2,1-2H3,(H,28,31). The summed E-state index contributed by atoms with van der Waals surface area (Å²) in [4.78, 5) is 19.8. The fraction of sp³-hybridized carbons (Fsp3) is 0.308. The molecule has 184 valence electrons. The molecule has 1 amide bonds. The number of nitrogens with one attached hydrogen (secondary N) is 2. The molecule has 2 heterocycles. The van der Waals surface area contributed by atoms with E-state index in [2.05, 4.69) is 19.9 Å². The zero-order valence-electron chi connectivity index (χ0n) is 19.9. The van der Waals surface area contributed by atoms with Crippen LogP contribution in [0, 0.1) is 6.92 Å². The summed E-state index contributed by atoms with van der Waals surface area (Å²) in [6, 6.07) is 17.1. The first-order valence-electron chi connectivity index (χ1n) is 11.5. The maximum Gasteiger partial charge on any atom is 0.261 e. The van der Waals surface area contributed by atoms with Crippen LogP contribution >= 0.6 is 0 Å². The molecule has 1 aromatic heterocycles. The largest absolute Gasteiger partial charge is 0.497 e. The molecule has 2 N–H and O–H groups in total. The monoisotopic (exact) mass is 494 g/mol. The molecule has 0 spiro atoms. The van der Waals surface area contributed by atoms with E-state index in [9.17, 15) is 13.2 Å². The van der Waals surface area contributed by atoms with E-state index in [4.69, 9.17) is 4.74 Å². The molecular formula is C26H30N4O4S. The van der Waals surface area contributed by atoms with Gasteiger partial charge in [0.15, 0.2) is 0 Å². The lowest BCUT2D eigenvalue weighted by Gasteiger charge is -2.32. The lowest BCUT2D eigenvalue weighted by atomic mass is 10.0. The van der Waals surface area contributed by atoms with E-state index in [0.717, 1.165) is 43.7 Å². The number of amides is 1. The summed E-state index contributed by atoms with van der Waals surface area (Å²) in [6.07, 6.45) is 3.45. The van der Waals surface area contributed by atoms with E-state index < -0.39 is 10.0 Å². The van der Waals surface area contributed by atoms with E-state index in [1.165, 1.54) is 12.1 Å². The Hall–Kier alpha value is -3.43. The smallest absolute Gasteiger partial charge is 0.261 e. The number of sulfonamides is 1. The minimum atomic E-state index is -3.86. The van der Waals surface area contributed by atoms with Gasteiger partial charge in [-0.1, -0.05) is 12.1 Å². The van der Waals surface area contributed by atoms with Crippen molar-refractivity contribution in [1.82, 2.24) is 15.2 Å². The van der Waals surface area contributed by atoms with Crippen LogP contribution in [-0.4, -0.2) is 50.5 Å². The summed E-state index contributed by atoms with van der Waals surface area (Å²) in [5.41, 5.74) is 2.53. The second kappa shape index (κ2) is 10.9. The predicted octanol–water partition coefficient (Wildman–Crippen LogP) is 3.59. The third kappa shape index (κ3) is 6.37. The third-order valence-corrected chi connectivity index (χ3v) is 7.52. The van der Waals surface area contributed by atoms with Gasteiger partial charge in [-0.25, -0.2) is 8.42 Å². The van der Waals surface area contributed by atoms with E-state index in [1.54, 1.807) is 50.6 Å². The van der Waals surface area contributed by atoms with Crippen LogP contribution in [0.5, 0.6) is 5.75 Å². The van der Waals surface area contributed by atoms with Gasteiger partial charge >= 0.3 is 0 Å². The van der Waals surface area contributed by atoms with Crippen molar-refractivity contribution >= 4 is 21.6 Å². The van der Waals surface area contributed by atoms with Gasteiger partial charge in [0.05, 0.1) is 17.7 Å². The topological polar surface area (TPSA) is 101 Å². The van der Waals surface area contributed by atoms with E-state index in [0.29, 0.717) is 17.0 Å². The number of benzene rings is 2. The van der Waals surface area contributed by atoms with Crippen molar-refractivity contribution in [1.29, 1.82) is 0 Å². The van der Waals surface area contributed by atoms with E-state index >= 15 is 0 Å². The van der Waals surface area contributed by atoms with Crippen LogP contribution in [0.3, 0.4) is 0 Å². The minimum absolute atomic E-state index is 0.0363. The van der Waals surface area contributed by atoms with Gasteiger partial charge in [0.25, 0.3) is 15.9 Å². The quantitative estimate of drug-likeness (QED) is 0.496. The van der Waals surface area contributed by atoms with Crippen molar-refractivity contribution in [2.45, 2.75) is 37.2 Å². The average Bonchev–Trinajstić information content (AvgIpc) is 2.86. The first-order chi connectivity index (χ1) is 16.8. The van der Waals surface area contributed by atoms with Crippen molar-refractivity contribution in [2.75, 3.05) is 24.9 Å². The maximum atomic E-state index is 13.1. The Morgan fingerprint density at radius 1 is 1.09 bits per heavy atom. The molecule has 0 unspecified atom stereocenters. The molecule has 1 fully saturated rings. The van der Waals surface area contributed by atoms with Gasteiger partial charge < -0.3 is 10.1 Å². The molecule has 0 saturated carbocycles. The van der Waals surface area contributed by atoms with Crippen LogP contribution in [0.4, 0.5) is 5.69 Å². The van der Waals surface area contributed by atoms with Crippen LogP contribution in [-0.2, 0) is 16.6 Å². The SMILES string of the molecule is COc1ccc(NS(=O)(=O)c2ccc(C)c(C(=O)NC3CCN(Cc4ccccn4)CC3)c2)cc1. The third-order valence-electron chi connectivity index (χ3n) is 6.14. The zero-order chi connectivity index (χ0) is 24.8. The lowest BCUT2D eigenvalue weighted by molar-refractivity contribution is 0.0907. The summed E-state index contributed by atoms with van der Waals surface area (Å²) < 4.78 is 33.5. The summed E-state index contributed by atoms with van der Waals surface area (Å²) in [5.74, 6) is 0.372. The van der Waals surface area contributed by atoms with Crippen LogP contribution in [0.2, 0.25) is 0 Å². The molecule has 2 aromatic carbocycles. The Kier molecular flexibility index (Phi) is 7.67. The highest BCUT2D eigenvalue weighted by Gasteiger charge is 2.23. The molecule has 0 bridgehead atoms. The minimum Gasteiger partial charge on any atom is -0.497 e. The Morgan fingerprint density at radius 2 is 1.83 bits per heavy atom. The molecule has 1 aliphatic rings. The van der Waals surface area contributed by atoms with E-state index in [1.807, 2.05) is 18.2 Å². The second-order valence-electron chi connectivity index (χ2n) is 8.66. The van der Waals surface area contributed by atoms with Crippen LogP contribution in [0.15, 0.2) is 71.8 Å². The Balaban J connectivity index is 1.38. The van der Waals surface area contributed by atoms with Gasteiger partial charge in [-0.15, -0.1) is 0 Å². The maximum absolute atomic E-state index is 13.1. The predicted molar refractivity (Wildman–Crippen MR) is 135 cm³/mol. The number of methoxy groups -OCH3 is 1. The highest BCUT2D eigenvalue weighted by atomic mass is 32.2. The van der Waals surface area contributed by atoms with Crippen molar-refractivity contribution in [2.24, 2.45) is 0 Å². The van der Waals surface area contributed by atoms with Gasteiger partial charge in [0.2, 0.25) is 0 Å². The molecule has 0 aliphatic carbocycles. The molecule has 8 nitrogen and oxygen atoms in total. The first kappa shape index (κ1) is 24.7. The number of rotatable bonds is 8. The van der Waals surface area contributed by atoms with Crippen LogP contribution in [0.25, 0.3) is 0 Å². The van der Waals surface area contributed by atoms with Crippen molar-refractivity contribution < 1.29 is 17.9 Å². The van der Waals surface area contributed by atoms with Gasteiger partial charge in [0, 0.05) is 43.1 Å². The van der Waals surface area contributed by atoms with Gasteiger partial charge in [0.1, 0.15) is 5.75 Å². The molecule has 0 atom stereocenters. The Labute approximate surface area is 206 Å². The summed E-state index contributed by atoms with van der Waals surface area (Å²) >= 11 is 0. The van der Waals surface area contributed by atoms with Crippen LogP contribution in [0.1, 0.15) is 34.5 Å². The number of piperidine rings is 1. The molecule has 9 heteroatoms. The Bertz CT molecular complexity index is 1260. The lowest BCUT2D eigenvalue weighted by Crippen LogP contribution is -2.44. The molecule has 4 rings (SSSR count). The first-order valence-corrected chi connectivity index (χ1v) is 13.0. The number of hydrogen-bond donors (Lipinski definition) is 2. The number of aromatic nitrogens is 1. The molecule has 1 saturated heterocycles. The molecular weight excluding hydrogens is 464 g/mol. The number of hydrogen-bond acceptors (Lipinski definition) is 6. The van der Waals surface area contributed by atoms with Crippen molar-refractivity contribution in [3.8, 4) is 5.75 Å². The number of ether oxygens (including phenoxy) is 1. The summed E-state index contributed by atoms with van der Waals surface area (Å²) in [7, 11) is -2.31. The fourth-order valence-corrected chi connectivity index (χ4v) is 5.19. The number of pyridine rings is 1. The zero-order valence-corrected chi connectivity index (χ0v) is 20.7. The highest BCUT2D eigenvalue weighted by Crippen LogP contribution is 2.22. The number of likely N-dealkylation sites (tertiary alicyclic amines) is 1. The second-order valence-corrected chi connectivity index (χ2v) is 10.3. The van der Waals surface area contributed by atoms with Crippen molar-refractivity contribution in [3.05, 3.63) is 83.7 Å². The number of aryl methyl sites for hydroxylation is 1. The molecule has 1 aliphatic heterocycles. The highest BCUT2D eigenvalue weighted by molar-refractivity contribution is 7.92. The number of anilines is 1. The summed E-state index contributed by atoms with van der Waals surface area (Å²) in [6.45, 7) is 4.32. The fourth-order valence-electron chi connectivity index (χ4n) is 4.11. The van der Waals surface area contributed by atoms with Crippen LogP contribution < -0.4 is 14.8 Å². The van der Waals surface area contributed by atoms with E-state index in [-0.39, 0.29) is 16.8 Å². The van der Waals surface area contributed by atoms with Crippen molar-refractivity contribution in [3.63, 3.8) is 0 Å². The average molecular weight is 495 g/mol. The number of carbonyl (C=O) groups excluding carboxylic acids is 1. The van der Waals surface area contributed by atoms with Gasteiger partial charge in [-0.3, -0.25) is 19.4 Å². The molecule has 3 aromatic rings. The van der Waals surface area contributed by atoms with Gasteiger partial charge in [-0.05, 0) is 73.9 Å². The molecule has 0 radical (unpaired) electrons.